The van der Waals surface area contributed by atoms with Crippen molar-refractivity contribution in [3.63, 3.8) is 0 Å². The summed E-state index contributed by atoms with van der Waals surface area (Å²) in [7, 11) is 0. The van der Waals surface area contributed by atoms with E-state index in [1.54, 1.807) is 0 Å². The van der Waals surface area contributed by atoms with E-state index in [1.807, 2.05) is 66.4 Å². The van der Waals surface area contributed by atoms with E-state index in [9.17, 15) is 4.79 Å². The summed E-state index contributed by atoms with van der Waals surface area (Å²) in [5.74, 6) is 1.66. The summed E-state index contributed by atoms with van der Waals surface area (Å²) in [4.78, 5) is 14.6. The van der Waals surface area contributed by atoms with Gasteiger partial charge >= 0.3 is 0 Å². The quantitative estimate of drug-likeness (QED) is 0.892. The summed E-state index contributed by atoms with van der Waals surface area (Å²) in [5.41, 5.74) is 0.833. The van der Waals surface area contributed by atoms with Gasteiger partial charge in [0.05, 0.1) is 5.69 Å². The van der Waals surface area contributed by atoms with Crippen molar-refractivity contribution in [3.8, 4) is 11.5 Å². The van der Waals surface area contributed by atoms with Gasteiger partial charge < -0.3 is 15.0 Å². The molecule has 1 amide bonds. The highest BCUT2D eigenvalue weighted by Crippen LogP contribution is 2.29. The normalized spacial score (nSPS) is 15.6. The summed E-state index contributed by atoms with van der Waals surface area (Å²) in [6, 6.07) is 17.1. The van der Waals surface area contributed by atoms with Crippen LogP contribution in [0.4, 0.5) is 5.69 Å². The first kappa shape index (κ1) is 16.4. The summed E-state index contributed by atoms with van der Waals surface area (Å²) < 4.78 is 5.95. The third kappa shape index (κ3) is 4.07. The summed E-state index contributed by atoms with van der Waals surface area (Å²) in [6.45, 7) is 3.65. The zero-order valence-corrected chi connectivity index (χ0v) is 14.1. The van der Waals surface area contributed by atoms with E-state index in [4.69, 9.17) is 4.74 Å². The molecular formula is C20H24N2O2. The van der Waals surface area contributed by atoms with Crippen LogP contribution in [0.5, 0.6) is 11.5 Å². The number of nitrogens with one attached hydrogen (secondary N) is 1. The second-order valence-corrected chi connectivity index (χ2v) is 6.16. The number of nitrogens with zero attached hydrogens (tertiary/aromatic N) is 1. The molecule has 4 nitrogen and oxygen atoms in total. The van der Waals surface area contributed by atoms with Gasteiger partial charge in [0.15, 0.2) is 5.75 Å². The molecule has 2 aromatic carbocycles. The highest BCUT2D eigenvalue weighted by molar-refractivity contribution is 5.85. The van der Waals surface area contributed by atoms with Gasteiger partial charge in [0, 0.05) is 13.1 Å². The maximum Gasteiger partial charge on any atom is 0.244 e. The third-order valence-electron chi connectivity index (χ3n) is 4.27. The maximum absolute atomic E-state index is 12.6. The molecule has 1 N–H and O–H groups in total. The Hall–Kier alpha value is -2.49. The Kier molecular flexibility index (Phi) is 5.36. The number of para-hydroxylation sites is 3. The van der Waals surface area contributed by atoms with Crippen LogP contribution in [0, 0.1) is 0 Å². The SMILES string of the molecule is C[C@H](Nc1ccccc1Oc1ccccc1)C(=O)N1CCCCC1. The fraction of sp³-hybridized carbons (Fsp3) is 0.350. The Morgan fingerprint density at radius 3 is 2.42 bits per heavy atom. The predicted octanol–water partition coefficient (Wildman–Crippen LogP) is 4.29. The number of benzene rings is 2. The minimum atomic E-state index is -0.274. The molecule has 1 saturated heterocycles. The van der Waals surface area contributed by atoms with Crippen LogP contribution in [0.25, 0.3) is 0 Å². The van der Waals surface area contributed by atoms with Crippen molar-refractivity contribution in [3.05, 3.63) is 54.6 Å². The number of amides is 1. The molecule has 1 fully saturated rings. The maximum atomic E-state index is 12.6. The predicted molar refractivity (Wildman–Crippen MR) is 96.5 cm³/mol. The van der Waals surface area contributed by atoms with E-state index in [-0.39, 0.29) is 11.9 Å². The lowest BCUT2D eigenvalue weighted by atomic mass is 10.1. The molecule has 1 aliphatic heterocycles. The first-order valence-corrected chi connectivity index (χ1v) is 8.61. The number of carbonyl (C=O) groups is 1. The molecule has 0 saturated carbocycles. The average Bonchev–Trinajstić information content (AvgIpc) is 2.64. The van der Waals surface area contributed by atoms with E-state index in [2.05, 4.69) is 5.32 Å². The van der Waals surface area contributed by atoms with Crippen LogP contribution in [0.15, 0.2) is 54.6 Å². The van der Waals surface area contributed by atoms with Gasteiger partial charge in [0.2, 0.25) is 5.91 Å². The molecule has 0 bridgehead atoms. The number of likely N-dealkylation sites (tertiary alicyclic amines) is 1. The lowest BCUT2D eigenvalue weighted by molar-refractivity contribution is -0.132. The molecule has 0 aromatic heterocycles. The monoisotopic (exact) mass is 324 g/mol. The van der Waals surface area contributed by atoms with Crippen molar-refractivity contribution in [2.24, 2.45) is 0 Å². The minimum absolute atomic E-state index is 0.157. The summed E-state index contributed by atoms with van der Waals surface area (Å²) in [5, 5.41) is 3.31. The number of carbonyl (C=O) groups excluding carboxylic acids is 1. The number of anilines is 1. The van der Waals surface area contributed by atoms with Crippen LogP contribution in [0.3, 0.4) is 0 Å². The lowest BCUT2D eigenvalue weighted by Gasteiger charge is -2.30. The van der Waals surface area contributed by atoms with Gasteiger partial charge in [-0.2, -0.15) is 0 Å². The number of hydrogen-bond donors (Lipinski definition) is 1. The van der Waals surface area contributed by atoms with Crippen LogP contribution < -0.4 is 10.1 Å². The number of rotatable bonds is 5. The van der Waals surface area contributed by atoms with Crippen molar-refractivity contribution >= 4 is 11.6 Å². The number of ether oxygens (including phenoxy) is 1. The van der Waals surface area contributed by atoms with Crippen LogP contribution in [-0.2, 0) is 4.79 Å². The summed E-state index contributed by atoms with van der Waals surface area (Å²) in [6.07, 6.45) is 3.43. The largest absolute Gasteiger partial charge is 0.455 e. The molecule has 1 aliphatic rings. The van der Waals surface area contributed by atoms with Crippen molar-refractivity contribution < 1.29 is 9.53 Å². The molecule has 1 heterocycles. The third-order valence-corrected chi connectivity index (χ3v) is 4.27. The molecule has 4 heteroatoms. The van der Waals surface area contributed by atoms with Crippen molar-refractivity contribution in [1.29, 1.82) is 0 Å². The zero-order chi connectivity index (χ0) is 16.8. The molecular weight excluding hydrogens is 300 g/mol. The molecule has 24 heavy (non-hydrogen) atoms. The van der Waals surface area contributed by atoms with Gasteiger partial charge in [0.1, 0.15) is 11.8 Å². The van der Waals surface area contributed by atoms with Crippen LogP contribution >= 0.6 is 0 Å². The van der Waals surface area contributed by atoms with Gasteiger partial charge in [-0.3, -0.25) is 4.79 Å². The standard InChI is InChI=1S/C20H24N2O2/c1-16(20(23)22-14-8-3-9-15-22)21-18-12-6-7-13-19(18)24-17-10-4-2-5-11-17/h2,4-7,10-13,16,21H,3,8-9,14-15H2,1H3/t16-/m0/s1. The van der Waals surface area contributed by atoms with Crippen LogP contribution in [0.2, 0.25) is 0 Å². The second kappa shape index (κ2) is 7.86. The first-order chi connectivity index (χ1) is 11.7. The highest BCUT2D eigenvalue weighted by atomic mass is 16.5. The fourth-order valence-electron chi connectivity index (χ4n) is 2.97. The van der Waals surface area contributed by atoms with Crippen molar-refractivity contribution in [2.45, 2.75) is 32.2 Å². The smallest absolute Gasteiger partial charge is 0.244 e. The average molecular weight is 324 g/mol. The molecule has 0 spiro atoms. The second-order valence-electron chi connectivity index (χ2n) is 6.16. The molecule has 126 valence electrons. The number of hydrogen-bond acceptors (Lipinski definition) is 3. The van der Waals surface area contributed by atoms with E-state index in [0.29, 0.717) is 0 Å². The Bertz CT molecular complexity index is 666. The Morgan fingerprint density at radius 2 is 1.67 bits per heavy atom. The summed E-state index contributed by atoms with van der Waals surface area (Å²) >= 11 is 0. The van der Waals surface area contributed by atoms with E-state index < -0.39 is 0 Å². The van der Waals surface area contributed by atoms with Crippen LogP contribution in [0.1, 0.15) is 26.2 Å². The van der Waals surface area contributed by atoms with Crippen molar-refractivity contribution in [2.75, 3.05) is 18.4 Å². The van der Waals surface area contributed by atoms with Gasteiger partial charge in [0.25, 0.3) is 0 Å². The fourth-order valence-corrected chi connectivity index (χ4v) is 2.97. The number of piperidine rings is 1. The molecule has 0 radical (unpaired) electrons. The Morgan fingerprint density at radius 1 is 1.00 bits per heavy atom. The highest BCUT2D eigenvalue weighted by Gasteiger charge is 2.22. The van der Waals surface area contributed by atoms with Gasteiger partial charge in [-0.15, -0.1) is 0 Å². The van der Waals surface area contributed by atoms with E-state index >= 15 is 0 Å². The topological polar surface area (TPSA) is 41.6 Å². The zero-order valence-electron chi connectivity index (χ0n) is 14.1. The van der Waals surface area contributed by atoms with Crippen LogP contribution in [-0.4, -0.2) is 29.9 Å². The molecule has 2 aromatic rings. The lowest BCUT2D eigenvalue weighted by Crippen LogP contribution is -2.43. The van der Waals surface area contributed by atoms with Crippen molar-refractivity contribution in [1.82, 2.24) is 4.90 Å². The van der Waals surface area contributed by atoms with E-state index in [1.165, 1.54) is 6.42 Å². The Labute approximate surface area is 143 Å². The molecule has 1 atom stereocenters. The first-order valence-electron chi connectivity index (χ1n) is 8.61. The molecule has 3 rings (SSSR count). The van der Waals surface area contributed by atoms with Gasteiger partial charge in [-0.05, 0) is 50.5 Å². The minimum Gasteiger partial charge on any atom is -0.455 e. The van der Waals surface area contributed by atoms with Gasteiger partial charge in [-0.25, -0.2) is 0 Å². The van der Waals surface area contributed by atoms with Gasteiger partial charge in [-0.1, -0.05) is 30.3 Å². The van der Waals surface area contributed by atoms with E-state index in [0.717, 1.165) is 43.1 Å². The molecule has 0 aliphatic carbocycles. The Balaban J connectivity index is 1.69. The molecule has 0 unspecified atom stereocenters.